The van der Waals surface area contributed by atoms with Gasteiger partial charge in [0.2, 0.25) is 0 Å². The molecule has 1 unspecified atom stereocenters. The SMILES string of the molecule is CC1CCCN1c1cc(N)ccc1C(=O)O. The first kappa shape index (κ1) is 10.8. The van der Waals surface area contributed by atoms with E-state index in [1.165, 1.54) is 0 Å². The Labute approximate surface area is 94.7 Å². The second kappa shape index (κ2) is 4.04. The van der Waals surface area contributed by atoms with Gasteiger partial charge in [0, 0.05) is 18.3 Å². The summed E-state index contributed by atoms with van der Waals surface area (Å²) in [5.41, 5.74) is 7.42. The molecule has 1 heterocycles. The molecule has 0 aliphatic carbocycles. The number of carbonyl (C=O) groups is 1. The molecule has 0 aromatic heterocycles. The lowest BCUT2D eigenvalue weighted by atomic mass is 10.1. The zero-order chi connectivity index (χ0) is 11.7. The van der Waals surface area contributed by atoms with E-state index >= 15 is 0 Å². The number of hydrogen-bond acceptors (Lipinski definition) is 3. The highest BCUT2D eigenvalue weighted by molar-refractivity contribution is 5.95. The standard InChI is InChI=1S/C12H16N2O2/c1-8-3-2-6-14(8)11-7-9(13)4-5-10(11)12(15)16/h4-5,7-8H,2-3,6,13H2,1H3,(H,15,16). The largest absolute Gasteiger partial charge is 0.478 e. The van der Waals surface area contributed by atoms with Crippen molar-refractivity contribution in [3.8, 4) is 0 Å². The van der Waals surface area contributed by atoms with Crippen LogP contribution in [-0.2, 0) is 0 Å². The van der Waals surface area contributed by atoms with Gasteiger partial charge < -0.3 is 15.7 Å². The molecule has 0 bridgehead atoms. The summed E-state index contributed by atoms with van der Waals surface area (Å²) < 4.78 is 0. The summed E-state index contributed by atoms with van der Waals surface area (Å²) in [5.74, 6) is -0.894. The maximum atomic E-state index is 11.1. The molecule has 0 saturated carbocycles. The van der Waals surface area contributed by atoms with Gasteiger partial charge in [0.15, 0.2) is 0 Å². The molecule has 1 atom stereocenters. The predicted molar refractivity (Wildman–Crippen MR) is 63.9 cm³/mol. The monoisotopic (exact) mass is 220 g/mol. The number of aromatic carboxylic acids is 1. The zero-order valence-corrected chi connectivity index (χ0v) is 9.31. The fourth-order valence-electron chi connectivity index (χ4n) is 2.26. The molecule has 4 nitrogen and oxygen atoms in total. The van der Waals surface area contributed by atoms with E-state index in [1.807, 2.05) is 0 Å². The molecule has 16 heavy (non-hydrogen) atoms. The van der Waals surface area contributed by atoms with Crippen molar-refractivity contribution in [3.63, 3.8) is 0 Å². The maximum absolute atomic E-state index is 11.1. The molecule has 0 radical (unpaired) electrons. The third-order valence-corrected chi connectivity index (χ3v) is 3.11. The first-order valence-electron chi connectivity index (χ1n) is 5.49. The molecule has 2 rings (SSSR count). The van der Waals surface area contributed by atoms with Gasteiger partial charge in [-0.25, -0.2) is 4.79 Å². The Morgan fingerprint density at radius 3 is 2.88 bits per heavy atom. The Morgan fingerprint density at radius 2 is 2.31 bits per heavy atom. The minimum absolute atomic E-state index is 0.336. The average Bonchev–Trinajstić information content (AvgIpc) is 2.63. The summed E-state index contributed by atoms with van der Waals surface area (Å²) in [4.78, 5) is 13.3. The van der Waals surface area contributed by atoms with Crippen molar-refractivity contribution in [2.45, 2.75) is 25.8 Å². The highest BCUT2D eigenvalue weighted by Crippen LogP contribution is 2.30. The molecular formula is C12H16N2O2. The Bertz CT molecular complexity index is 417. The van der Waals surface area contributed by atoms with Gasteiger partial charge in [-0.05, 0) is 38.0 Å². The summed E-state index contributed by atoms with van der Waals surface area (Å²) in [7, 11) is 0. The average molecular weight is 220 g/mol. The molecule has 3 N–H and O–H groups in total. The first-order chi connectivity index (χ1) is 7.59. The summed E-state index contributed by atoms with van der Waals surface area (Å²) >= 11 is 0. The molecule has 1 fully saturated rings. The van der Waals surface area contributed by atoms with E-state index in [2.05, 4.69) is 11.8 Å². The molecule has 1 aliphatic heterocycles. The predicted octanol–water partition coefficient (Wildman–Crippen LogP) is 1.96. The molecule has 1 aromatic carbocycles. The molecule has 1 saturated heterocycles. The molecule has 4 heteroatoms. The van der Waals surface area contributed by atoms with E-state index in [0.717, 1.165) is 25.1 Å². The number of rotatable bonds is 2. The molecule has 0 spiro atoms. The number of nitrogens with two attached hydrogens (primary N) is 1. The van der Waals surface area contributed by atoms with Crippen LogP contribution in [0.2, 0.25) is 0 Å². The summed E-state index contributed by atoms with van der Waals surface area (Å²) in [5, 5.41) is 9.14. The van der Waals surface area contributed by atoms with Crippen LogP contribution in [0, 0.1) is 0 Å². The second-order valence-electron chi connectivity index (χ2n) is 4.27. The van der Waals surface area contributed by atoms with Crippen molar-refractivity contribution in [1.82, 2.24) is 0 Å². The van der Waals surface area contributed by atoms with Crippen molar-refractivity contribution in [3.05, 3.63) is 23.8 Å². The van der Waals surface area contributed by atoms with Crippen LogP contribution in [0.5, 0.6) is 0 Å². The van der Waals surface area contributed by atoms with Crippen LogP contribution in [0.25, 0.3) is 0 Å². The summed E-state index contributed by atoms with van der Waals surface area (Å²) in [6.07, 6.45) is 2.21. The maximum Gasteiger partial charge on any atom is 0.337 e. The van der Waals surface area contributed by atoms with Crippen molar-refractivity contribution >= 4 is 17.3 Å². The van der Waals surface area contributed by atoms with E-state index in [1.54, 1.807) is 18.2 Å². The van der Waals surface area contributed by atoms with Crippen LogP contribution >= 0.6 is 0 Å². The van der Waals surface area contributed by atoms with Gasteiger partial charge in [0.1, 0.15) is 0 Å². The smallest absolute Gasteiger partial charge is 0.337 e. The number of nitrogen functional groups attached to an aromatic ring is 1. The zero-order valence-electron chi connectivity index (χ0n) is 9.31. The number of anilines is 2. The van der Waals surface area contributed by atoms with Gasteiger partial charge in [-0.1, -0.05) is 0 Å². The van der Waals surface area contributed by atoms with Gasteiger partial charge >= 0.3 is 5.97 Å². The van der Waals surface area contributed by atoms with E-state index in [9.17, 15) is 4.79 Å². The third-order valence-electron chi connectivity index (χ3n) is 3.11. The molecular weight excluding hydrogens is 204 g/mol. The van der Waals surface area contributed by atoms with E-state index in [4.69, 9.17) is 10.8 Å². The first-order valence-corrected chi connectivity index (χ1v) is 5.49. The second-order valence-corrected chi connectivity index (χ2v) is 4.27. The highest BCUT2D eigenvalue weighted by atomic mass is 16.4. The van der Waals surface area contributed by atoms with Gasteiger partial charge in [-0.3, -0.25) is 0 Å². The van der Waals surface area contributed by atoms with Crippen LogP contribution in [0.1, 0.15) is 30.1 Å². The van der Waals surface area contributed by atoms with Gasteiger partial charge in [-0.15, -0.1) is 0 Å². The lowest BCUT2D eigenvalue weighted by molar-refractivity contribution is 0.0697. The van der Waals surface area contributed by atoms with Crippen molar-refractivity contribution in [1.29, 1.82) is 0 Å². The van der Waals surface area contributed by atoms with Gasteiger partial charge in [0.25, 0.3) is 0 Å². The van der Waals surface area contributed by atoms with Crippen LogP contribution in [-0.4, -0.2) is 23.7 Å². The number of benzene rings is 1. The van der Waals surface area contributed by atoms with Crippen LogP contribution in [0.3, 0.4) is 0 Å². The van der Waals surface area contributed by atoms with Gasteiger partial charge in [0.05, 0.1) is 11.3 Å². The molecule has 1 aromatic rings. The Kier molecular flexibility index (Phi) is 2.73. The summed E-state index contributed by atoms with van der Waals surface area (Å²) in [6, 6.07) is 5.36. The lowest BCUT2D eigenvalue weighted by Crippen LogP contribution is -2.28. The van der Waals surface area contributed by atoms with Crippen LogP contribution in [0.15, 0.2) is 18.2 Å². The van der Waals surface area contributed by atoms with Crippen molar-refractivity contribution in [2.75, 3.05) is 17.2 Å². The number of hydrogen-bond donors (Lipinski definition) is 2. The van der Waals surface area contributed by atoms with Crippen molar-refractivity contribution in [2.24, 2.45) is 0 Å². The number of carboxylic acids is 1. The molecule has 1 aliphatic rings. The Morgan fingerprint density at radius 1 is 1.56 bits per heavy atom. The van der Waals surface area contributed by atoms with E-state index in [0.29, 0.717) is 17.3 Å². The minimum Gasteiger partial charge on any atom is -0.478 e. The Balaban J connectivity index is 2.44. The van der Waals surface area contributed by atoms with Crippen molar-refractivity contribution < 1.29 is 9.90 Å². The summed E-state index contributed by atoms with van der Waals surface area (Å²) in [6.45, 7) is 3.02. The number of carboxylic acid groups (broad SMARTS) is 1. The van der Waals surface area contributed by atoms with Crippen LogP contribution in [0.4, 0.5) is 11.4 Å². The lowest BCUT2D eigenvalue weighted by Gasteiger charge is -2.25. The molecule has 86 valence electrons. The van der Waals surface area contributed by atoms with E-state index < -0.39 is 5.97 Å². The fraction of sp³-hybridized carbons (Fsp3) is 0.417. The quantitative estimate of drug-likeness (QED) is 0.748. The fourth-order valence-corrected chi connectivity index (χ4v) is 2.26. The third kappa shape index (κ3) is 1.83. The topological polar surface area (TPSA) is 66.6 Å². The minimum atomic E-state index is -0.894. The highest BCUT2D eigenvalue weighted by Gasteiger charge is 2.24. The Hall–Kier alpha value is -1.71. The van der Waals surface area contributed by atoms with Crippen LogP contribution < -0.4 is 10.6 Å². The normalized spacial score (nSPS) is 20.1. The van der Waals surface area contributed by atoms with Gasteiger partial charge in [-0.2, -0.15) is 0 Å². The number of nitrogens with zero attached hydrogens (tertiary/aromatic N) is 1. The van der Waals surface area contributed by atoms with E-state index in [-0.39, 0.29) is 0 Å². The molecule has 0 amide bonds.